The zero-order valence-electron chi connectivity index (χ0n) is 15.7. The van der Waals surface area contributed by atoms with Crippen LogP contribution in [0.1, 0.15) is 29.9 Å². The number of halogens is 2. The molecule has 1 aromatic heterocycles. The van der Waals surface area contributed by atoms with Gasteiger partial charge < -0.3 is 4.74 Å². The third kappa shape index (κ3) is 4.45. The monoisotopic (exact) mass is 400 g/mol. The summed E-state index contributed by atoms with van der Waals surface area (Å²) in [6, 6.07) is 12.6. The van der Waals surface area contributed by atoms with Gasteiger partial charge in [-0.05, 0) is 49.7 Å². The first-order valence-electron chi connectivity index (χ1n) is 8.80. The molecular weight excluding hydrogens is 382 g/mol. The molecule has 0 saturated carbocycles. The van der Waals surface area contributed by atoms with Crippen molar-refractivity contribution < 1.29 is 18.3 Å². The van der Waals surface area contributed by atoms with Crippen LogP contribution in [0.3, 0.4) is 0 Å². The number of nitrogens with zero attached hydrogens (tertiary/aromatic N) is 3. The molecule has 7 nitrogen and oxygen atoms in total. The molecule has 0 saturated heterocycles. The minimum atomic E-state index is -2.90. The van der Waals surface area contributed by atoms with Crippen molar-refractivity contribution in [1.29, 1.82) is 0 Å². The lowest BCUT2D eigenvalue weighted by Gasteiger charge is -2.09. The number of nitrogens with one attached hydrogen (secondary N) is 1. The Bertz CT molecular complexity index is 1120. The van der Waals surface area contributed by atoms with E-state index in [-0.39, 0.29) is 17.0 Å². The Balaban J connectivity index is 1.85. The number of carbonyl (C=O) groups is 1. The summed E-state index contributed by atoms with van der Waals surface area (Å²) < 4.78 is 30.0. The molecule has 0 bridgehead atoms. The summed E-state index contributed by atoms with van der Waals surface area (Å²) in [6.07, 6.45) is 0. The lowest BCUT2D eigenvalue weighted by Crippen LogP contribution is -2.28. The van der Waals surface area contributed by atoms with Gasteiger partial charge in [0.25, 0.3) is 11.5 Å². The van der Waals surface area contributed by atoms with Crippen LogP contribution in [0, 0.1) is 0 Å². The number of hydrogen-bond acceptors (Lipinski definition) is 5. The lowest BCUT2D eigenvalue weighted by atomic mass is 10.1. The molecular formula is C20H18F2N4O3. The molecule has 0 atom stereocenters. The highest BCUT2D eigenvalue weighted by atomic mass is 19.3. The number of alkyl halides is 2. The summed E-state index contributed by atoms with van der Waals surface area (Å²) in [5, 5.41) is 9.02. The normalized spacial score (nSPS) is 11.7. The first kappa shape index (κ1) is 20.1. The quantitative estimate of drug-likeness (QED) is 0.509. The van der Waals surface area contributed by atoms with Gasteiger partial charge >= 0.3 is 6.61 Å². The van der Waals surface area contributed by atoms with Gasteiger partial charge in [0.15, 0.2) is 5.69 Å². The second kappa shape index (κ2) is 8.59. The molecule has 1 amide bonds. The van der Waals surface area contributed by atoms with E-state index in [1.165, 1.54) is 16.8 Å². The van der Waals surface area contributed by atoms with Gasteiger partial charge in [-0.1, -0.05) is 18.2 Å². The van der Waals surface area contributed by atoms with Gasteiger partial charge in [-0.15, -0.1) is 0 Å². The fourth-order valence-corrected chi connectivity index (χ4v) is 2.75. The summed E-state index contributed by atoms with van der Waals surface area (Å²) in [6.45, 7) is 0.832. The van der Waals surface area contributed by atoms with E-state index in [0.29, 0.717) is 28.6 Å². The number of hydrazone groups is 1. The number of carbonyl (C=O) groups excluding carboxylic acids is 1. The van der Waals surface area contributed by atoms with Gasteiger partial charge in [0, 0.05) is 11.9 Å². The molecule has 0 aliphatic carbocycles. The van der Waals surface area contributed by atoms with E-state index in [9.17, 15) is 18.4 Å². The van der Waals surface area contributed by atoms with Crippen molar-refractivity contribution in [3.05, 3.63) is 70.1 Å². The minimum Gasteiger partial charge on any atom is -0.435 e. The SMILES string of the molecule is CCn1nc(C(=O)N/N=C(/C)c2ccc(OC(F)F)cc2)c2ccccc2c1=O. The number of rotatable bonds is 6. The van der Waals surface area contributed by atoms with Gasteiger partial charge in [0.1, 0.15) is 5.75 Å². The molecule has 0 unspecified atom stereocenters. The smallest absolute Gasteiger partial charge is 0.387 e. The molecule has 9 heteroatoms. The molecule has 0 fully saturated rings. The van der Waals surface area contributed by atoms with Crippen molar-refractivity contribution in [1.82, 2.24) is 15.2 Å². The fourth-order valence-electron chi connectivity index (χ4n) is 2.75. The van der Waals surface area contributed by atoms with E-state index in [4.69, 9.17) is 0 Å². The van der Waals surface area contributed by atoms with E-state index < -0.39 is 12.5 Å². The first-order chi connectivity index (χ1) is 13.9. The summed E-state index contributed by atoms with van der Waals surface area (Å²) in [7, 11) is 0. The van der Waals surface area contributed by atoms with Gasteiger partial charge in [-0.25, -0.2) is 10.1 Å². The van der Waals surface area contributed by atoms with Crippen LogP contribution in [0.25, 0.3) is 10.8 Å². The highest BCUT2D eigenvalue weighted by Gasteiger charge is 2.16. The van der Waals surface area contributed by atoms with Crippen molar-refractivity contribution in [3.8, 4) is 5.75 Å². The first-order valence-corrected chi connectivity index (χ1v) is 8.80. The zero-order valence-corrected chi connectivity index (χ0v) is 15.7. The predicted octanol–water partition coefficient (Wildman–Crippen LogP) is 3.17. The number of fused-ring (bicyclic) bond motifs is 1. The zero-order chi connectivity index (χ0) is 21.0. The van der Waals surface area contributed by atoms with Crippen LogP contribution in [0.5, 0.6) is 5.75 Å². The van der Waals surface area contributed by atoms with E-state index in [0.717, 1.165) is 0 Å². The Hall–Kier alpha value is -3.62. The second-order valence-electron chi connectivity index (χ2n) is 6.06. The number of benzene rings is 2. The Labute approximate surface area is 164 Å². The lowest BCUT2D eigenvalue weighted by molar-refractivity contribution is -0.0498. The molecule has 29 heavy (non-hydrogen) atoms. The van der Waals surface area contributed by atoms with Crippen LogP contribution >= 0.6 is 0 Å². The van der Waals surface area contributed by atoms with E-state index in [1.54, 1.807) is 50.2 Å². The van der Waals surface area contributed by atoms with Crippen molar-refractivity contribution in [3.63, 3.8) is 0 Å². The van der Waals surface area contributed by atoms with Crippen LogP contribution in [-0.4, -0.2) is 28.0 Å². The third-order valence-electron chi connectivity index (χ3n) is 4.20. The second-order valence-corrected chi connectivity index (χ2v) is 6.06. The largest absolute Gasteiger partial charge is 0.435 e. The number of amides is 1. The molecule has 0 radical (unpaired) electrons. The molecule has 2 aromatic carbocycles. The third-order valence-corrected chi connectivity index (χ3v) is 4.20. The Kier molecular flexibility index (Phi) is 5.96. The Morgan fingerprint density at radius 2 is 1.83 bits per heavy atom. The standard InChI is InChI=1S/C20H18F2N4O3/c1-3-26-19(28)16-7-5-4-6-15(16)17(25-26)18(27)24-23-12(2)13-8-10-14(11-9-13)29-20(21)22/h4-11,20H,3H2,1-2H3,(H,24,27)/b23-12-. The molecule has 1 N–H and O–H groups in total. The van der Waals surface area contributed by atoms with Crippen LogP contribution in [0.4, 0.5) is 8.78 Å². The van der Waals surface area contributed by atoms with Crippen LogP contribution < -0.4 is 15.7 Å². The summed E-state index contributed by atoms with van der Waals surface area (Å²) in [4.78, 5) is 25.0. The Morgan fingerprint density at radius 1 is 1.17 bits per heavy atom. The van der Waals surface area contributed by atoms with Crippen LogP contribution in [0.15, 0.2) is 58.4 Å². The summed E-state index contributed by atoms with van der Waals surface area (Å²) in [5.41, 5.74) is 3.30. The molecule has 3 aromatic rings. The average molecular weight is 400 g/mol. The molecule has 0 aliphatic heterocycles. The van der Waals surface area contributed by atoms with Crippen molar-refractivity contribution in [2.45, 2.75) is 27.0 Å². The van der Waals surface area contributed by atoms with Crippen molar-refractivity contribution in [2.24, 2.45) is 5.10 Å². The number of aromatic nitrogens is 2. The average Bonchev–Trinajstić information content (AvgIpc) is 2.72. The molecule has 150 valence electrons. The fraction of sp³-hybridized carbons (Fsp3) is 0.200. The highest BCUT2D eigenvalue weighted by molar-refractivity contribution is 6.06. The maximum Gasteiger partial charge on any atom is 0.387 e. The van der Waals surface area contributed by atoms with Gasteiger partial charge in [-0.2, -0.15) is 19.0 Å². The van der Waals surface area contributed by atoms with Crippen LogP contribution in [0.2, 0.25) is 0 Å². The van der Waals surface area contributed by atoms with Crippen molar-refractivity contribution in [2.75, 3.05) is 0 Å². The van der Waals surface area contributed by atoms with Crippen molar-refractivity contribution >= 4 is 22.4 Å². The van der Waals surface area contributed by atoms with E-state index in [1.807, 2.05) is 0 Å². The summed E-state index contributed by atoms with van der Waals surface area (Å²) in [5.74, 6) is -0.543. The Morgan fingerprint density at radius 3 is 2.45 bits per heavy atom. The van der Waals surface area contributed by atoms with E-state index >= 15 is 0 Å². The van der Waals surface area contributed by atoms with E-state index in [2.05, 4.69) is 20.4 Å². The van der Waals surface area contributed by atoms with Crippen LogP contribution in [-0.2, 0) is 6.54 Å². The molecule has 0 spiro atoms. The highest BCUT2D eigenvalue weighted by Crippen LogP contribution is 2.16. The summed E-state index contributed by atoms with van der Waals surface area (Å²) >= 11 is 0. The number of aryl methyl sites for hydroxylation is 1. The number of ether oxygens (including phenoxy) is 1. The van der Waals surface area contributed by atoms with Gasteiger partial charge in [-0.3, -0.25) is 9.59 Å². The predicted molar refractivity (Wildman–Crippen MR) is 104 cm³/mol. The minimum absolute atomic E-state index is 0.0260. The molecule has 3 rings (SSSR count). The maximum absolute atomic E-state index is 12.6. The maximum atomic E-state index is 12.6. The topological polar surface area (TPSA) is 85.6 Å². The molecule has 1 heterocycles. The number of hydrogen-bond donors (Lipinski definition) is 1. The van der Waals surface area contributed by atoms with Gasteiger partial charge in [0.2, 0.25) is 0 Å². The van der Waals surface area contributed by atoms with Gasteiger partial charge in [0.05, 0.1) is 11.1 Å². The molecule has 0 aliphatic rings.